The summed E-state index contributed by atoms with van der Waals surface area (Å²) in [4.78, 5) is 3.04. The van der Waals surface area contributed by atoms with E-state index in [1.807, 2.05) is 0 Å². The third-order valence-corrected chi connectivity index (χ3v) is 1.39. The molecule has 0 saturated heterocycles. The predicted molar refractivity (Wildman–Crippen MR) is 40.2 cm³/mol. The summed E-state index contributed by atoms with van der Waals surface area (Å²) in [5.41, 5.74) is -0.237. The van der Waals surface area contributed by atoms with Crippen LogP contribution < -0.4 is 4.74 Å². The van der Waals surface area contributed by atoms with Crippen molar-refractivity contribution >= 4 is 0 Å². The molecule has 0 amide bonds. The molecule has 0 unspecified atom stereocenters. The fourth-order valence-corrected chi connectivity index (χ4v) is 0.870. The van der Waals surface area contributed by atoms with E-state index in [-0.39, 0.29) is 12.0 Å². The summed E-state index contributed by atoms with van der Waals surface area (Å²) in [6, 6.07) is 2.39. The van der Waals surface area contributed by atoms with E-state index in [1.54, 1.807) is 6.07 Å². The Morgan fingerprint density at radius 3 is 2.67 bits per heavy atom. The predicted octanol–water partition coefficient (Wildman–Crippen LogP) is 2.19. The first-order chi connectivity index (χ1) is 6.92. The average Bonchev–Trinajstić information content (AvgIpc) is 2.09. The minimum atomic E-state index is -4.86. The molecule has 0 aliphatic carbocycles. The Morgan fingerprint density at radius 1 is 1.47 bits per heavy atom. The Labute approximate surface area is 81.9 Å². The van der Waals surface area contributed by atoms with E-state index in [4.69, 9.17) is 5.26 Å². The van der Waals surface area contributed by atoms with Gasteiger partial charge >= 0.3 is 6.36 Å². The number of hydrogen-bond acceptors (Lipinski definition) is 3. The molecule has 7 heteroatoms. The molecule has 1 rings (SSSR count). The summed E-state index contributed by atoms with van der Waals surface area (Å²) >= 11 is 0. The van der Waals surface area contributed by atoms with Crippen LogP contribution in [0.2, 0.25) is 0 Å². The molecular weight excluding hydrogens is 216 g/mol. The maximum Gasteiger partial charge on any atom is 0.573 e. The first kappa shape index (κ1) is 11.2. The summed E-state index contributed by atoms with van der Waals surface area (Å²) in [6.45, 7) is 0. The van der Waals surface area contributed by atoms with Gasteiger partial charge in [0.1, 0.15) is 5.75 Å². The van der Waals surface area contributed by atoms with Crippen LogP contribution in [-0.4, -0.2) is 11.3 Å². The van der Waals surface area contributed by atoms with Gasteiger partial charge in [0.25, 0.3) is 0 Å². The van der Waals surface area contributed by atoms with Crippen LogP contribution in [0.5, 0.6) is 5.75 Å². The number of nitrogens with zero attached hydrogens (tertiary/aromatic N) is 2. The maximum absolute atomic E-state index is 12.8. The number of aromatic nitrogens is 1. The van der Waals surface area contributed by atoms with Crippen molar-refractivity contribution in [1.29, 1.82) is 5.26 Å². The van der Waals surface area contributed by atoms with E-state index in [0.717, 1.165) is 6.07 Å². The van der Waals surface area contributed by atoms with Crippen LogP contribution in [0.15, 0.2) is 12.3 Å². The van der Waals surface area contributed by atoms with Gasteiger partial charge in [-0.25, -0.2) is 4.98 Å². The van der Waals surface area contributed by atoms with E-state index >= 15 is 0 Å². The minimum Gasteiger partial charge on any atom is -0.404 e. The van der Waals surface area contributed by atoms with Gasteiger partial charge in [-0.2, -0.15) is 9.65 Å². The zero-order valence-electron chi connectivity index (χ0n) is 7.18. The Bertz CT molecular complexity index is 397. The highest BCUT2D eigenvalue weighted by Gasteiger charge is 2.31. The molecule has 0 aliphatic rings. The monoisotopic (exact) mass is 220 g/mol. The molecule has 1 aromatic rings. The fraction of sp³-hybridized carbons (Fsp3) is 0.250. The average molecular weight is 220 g/mol. The van der Waals surface area contributed by atoms with Crippen LogP contribution in [0.4, 0.5) is 17.6 Å². The smallest absolute Gasteiger partial charge is 0.404 e. The van der Waals surface area contributed by atoms with Gasteiger partial charge in [0.2, 0.25) is 5.95 Å². The van der Waals surface area contributed by atoms with Gasteiger partial charge in [-0.1, -0.05) is 0 Å². The second-order valence-electron chi connectivity index (χ2n) is 2.50. The number of rotatable bonds is 2. The molecule has 15 heavy (non-hydrogen) atoms. The first-order valence-corrected chi connectivity index (χ1v) is 3.69. The molecule has 0 N–H and O–H groups in total. The van der Waals surface area contributed by atoms with Gasteiger partial charge in [-0.05, 0) is 6.07 Å². The summed E-state index contributed by atoms with van der Waals surface area (Å²) in [7, 11) is 0. The van der Waals surface area contributed by atoms with Crippen molar-refractivity contribution in [3.8, 4) is 11.8 Å². The van der Waals surface area contributed by atoms with Crippen molar-refractivity contribution in [1.82, 2.24) is 4.98 Å². The number of halogens is 4. The second-order valence-corrected chi connectivity index (χ2v) is 2.50. The highest BCUT2D eigenvalue weighted by atomic mass is 19.4. The number of hydrogen-bond donors (Lipinski definition) is 0. The largest absolute Gasteiger partial charge is 0.573 e. The molecule has 0 fully saturated rings. The molecule has 0 aliphatic heterocycles. The zero-order valence-corrected chi connectivity index (χ0v) is 7.18. The third-order valence-electron chi connectivity index (χ3n) is 1.39. The SMILES string of the molecule is N#CCc1cc(OC(F)(F)F)cnc1F. The van der Waals surface area contributed by atoms with Crippen LogP contribution >= 0.6 is 0 Å². The van der Waals surface area contributed by atoms with Gasteiger partial charge in [0, 0.05) is 5.56 Å². The van der Waals surface area contributed by atoms with Crippen molar-refractivity contribution in [3.05, 3.63) is 23.8 Å². The van der Waals surface area contributed by atoms with Crippen LogP contribution in [0.1, 0.15) is 5.56 Å². The van der Waals surface area contributed by atoms with Crippen molar-refractivity contribution in [2.75, 3.05) is 0 Å². The standard InChI is InChI=1S/C8H4F4N2O/c9-7-5(1-2-13)3-6(4-14-7)15-8(10,11)12/h3-4H,1H2. The lowest BCUT2D eigenvalue weighted by Gasteiger charge is -2.08. The Morgan fingerprint density at radius 2 is 2.13 bits per heavy atom. The molecule has 3 nitrogen and oxygen atoms in total. The van der Waals surface area contributed by atoms with E-state index in [1.165, 1.54) is 0 Å². The molecule has 0 radical (unpaired) electrons. The Hall–Kier alpha value is -1.84. The minimum absolute atomic E-state index is 0.237. The van der Waals surface area contributed by atoms with Gasteiger partial charge in [0.15, 0.2) is 0 Å². The van der Waals surface area contributed by atoms with Gasteiger partial charge in [-0.15, -0.1) is 13.2 Å². The first-order valence-electron chi connectivity index (χ1n) is 3.69. The van der Waals surface area contributed by atoms with Crippen LogP contribution in [-0.2, 0) is 6.42 Å². The third kappa shape index (κ3) is 3.42. The highest BCUT2D eigenvalue weighted by molar-refractivity contribution is 5.26. The molecule has 0 atom stereocenters. The van der Waals surface area contributed by atoms with Gasteiger partial charge in [0.05, 0.1) is 18.7 Å². The van der Waals surface area contributed by atoms with Crippen molar-refractivity contribution in [2.45, 2.75) is 12.8 Å². The van der Waals surface area contributed by atoms with Crippen LogP contribution in [0.25, 0.3) is 0 Å². The lowest BCUT2D eigenvalue weighted by Crippen LogP contribution is -2.17. The van der Waals surface area contributed by atoms with E-state index in [0.29, 0.717) is 6.20 Å². The van der Waals surface area contributed by atoms with Crippen molar-refractivity contribution in [3.63, 3.8) is 0 Å². The summed E-state index contributed by atoms with van der Waals surface area (Å²) in [5, 5.41) is 8.26. The lowest BCUT2D eigenvalue weighted by atomic mass is 10.2. The highest BCUT2D eigenvalue weighted by Crippen LogP contribution is 2.23. The van der Waals surface area contributed by atoms with Crippen LogP contribution in [0, 0.1) is 17.3 Å². The Kier molecular flexibility index (Phi) is 3.09. The molecule has 1 aromatic heterocycles. The number of ether oxygens (including phenoxy) is 1. The zero-order chi connectivity index (χ0) is 11.5. The molecule has 0 spiro atoms. The van der Waals surface area contributed by atoms with Gasteiger partial charge in [-0.3, -0.25) is 0 Å². The Balaban J connectivity index is 2.93. The molecule has 0 saturated carbocycles. The number of pyridine rings is 1. The maximum atomic E-state index is 12.8. The molecular formula is C8H4F4N2O. The van der Waals surface area contributed by atoms with Crippen LogP contribution in [0.3, 0.4) is 0 Å². The van der Waals surface area contributed by atoms with Crippen molar-refractivity contribution in [2.24, 2.45) is 0 Å². The van der Waals surface area contributed by atoms with E-state index in [9.17, 15) is 17.6 Å². The molecule has 80 valence electrons. The number of alkyl halides is 3. The van der Waals surface area contributed by atoms with Crippen molar-refractivity contribution < 1.29 is 22.3 Å². The van der Waals surface area contributed by atoms with Gasteiger partial charge < -0.3 is 4.74 Å². The quantitative estimate of drug-likeness (QED) is 0.566. The summed E-state index contributed by atoms with van der Waals surface area (Å²) < 4.78 is 51.5. The number of nitriles is 1. The summed E-state index contributed by atoms with van der Waals surface area (Å²) in [5.74, 6) is -1.62. The molecule has 1 heterocycles. The van der Waals surface area contributed by atoms with E-state index in [2.05, 4.69) is 9.72 Å². The lowest BCUT2D eigenvalue weighted by molar-refractivity contribution is -0.274. The fourth-order valence-electron chi connectivity index (χ4n) is 0.870. The molecule has 0 bridgehead atoms. The van der Waals surface area contributed by atoms with E-state index < -0.39 is 18.1 Å². The summed E-state index contributed by atoms with van der Waals surface area (Å²) in [6.07, 6.45) is -4.62. The normalized spacial score (nSPS) is 10.9. The topological polar surface area (TPSA) is 45.9 Å². The second kappa shape index (κ2) is 4.13. The molecule has 0 aromatic carbocycles.